The minimum atomic E-state index is -1.52. The van der Waals surface area contributed by atoms with Gasteiger partial charge in [0.2, 0.25) is 0 Å². The molecule has 2 unspecified atom stereocenters. The summed E-state index contributed by atoms with van der Waals surface area (Å²) in [5.41, 5.74) is 0. The summed E-state index contributed by atoms with van der Waals surface area (Å²) < 4.78 is 22.9. The van der Waals surface area contributed by atoms with Gasteiger partial charge >= 0.3 is 17.9 Å². The monoisotopic (exact) mass is 1130 g/mol. The molecule has 0 aromatic carbocycles. The Labute approximate surface area is 498 Å². The zero-order valence-electron chi connectivity index (χ0n) is 52.9. The lowest BCUT2D eigenvalue weighted by atomic mass is 10.0. The number of quaternary nitrogens is 1. The molecule has 2 atom stereocenters. The van der Waals surface area contributed by atoms with Crippen LogP contribution in [0.5, 0.6) is 0 Å². The number of ether oxygens (including phenoxy) is 4. The molecule has 0 saturated carbocycles. The van der Waals surface area contributed by atoms with Crippen molar-refractivity contribution < 1.29 is 42.9 Å². The Balaban J connectivity index is 4.09. The number of esters is 2. The van der Waals surface area contributed by atoms with Gasteiger partial charge in [0.25, 0.3) is 6.29 Å². The van der Waals surface area contributed by atoms with Gasteiger partial charge in [-0.05, 0) is 96.3 Å². The highest BCUT2D eigenvalue weighted by Crippen LogP contribution is 2.17. The number of carboxylic acids is 1. The molecule has 0 bridgehead atoms. The molecule has 464 valence electrons. The highest BCUT2D eigenvalue weighted by molar-refractivity contribution is 5.71. The molecule has 9 nitrogen and oxygen atoms in total. The highest BCUT2D eigenvalue weighted by atomic mass is 16.7. The first-order valence-electron chi connectivity index (χ1n) is 33.1. The molecular weight excluding hydrogens is 1010 g/mol. The fraction of sp³-hybridized carbons (Fsp3) is 0.708. The van der Waals surface area contributed by atoms with Gasteiger partial charge in [0.1, 0.15) is 13.2 Å². The minimum Gasteiger partial charge on any atom is -0.477 e. The molecular formula is C72H124NO8+. The molecule has 0 rings (SSSR count). The standard InChI is InChI=1S/C72H123NO8/c1-6-8-10-12-14-16-18-20-22-24-26-28-29-30-31-32-33-34-35-36-37-38-39-40-41-43-44-46-48-50-52-54-56-58-60-62-69(74)79-66-68(67-80-72(71(76)77)78-65-64-73(3,4)5)81-70(75)63-61-59-57-55-53-51-49-47-45-42-27-25-23-21-19-17-15-13-11-9-7-2/h8-11,14-17,20-23,26-28,42,47,49,68,72H,6-7,12-13,18-19,24-25,29-41,43-46,48,50-67H2,1-5H3/p+1/b10-8-,11-9-,16-14-,17-15-,22-20-,23-21-,28-26-,42-27-,49-47-. The van der Waals surface area contributed by atoms with E-state index in [-0.39, 0.29) is 32.2 Å². The summed E-state index contributed by atoms with van der Waals surface area (Å²) in [7, 11) is 5.96. The van der Waals surface area contributed by atoms with Crippen molar-refractivity contribution in [3.63, 3.8) is 0 Å². The van der Waals surface area contributed by atoms with Crippen LogP contribution in [0.2, 0.25) is 0 Å². The second-order valence-electron chi connectivity index (χ2n) is 23.0. The number of carboxylic acid groups (broad SMARTS) is 1. The molecule has 0 aliphatic carbocycles. The third-order valence-electron chi connectivity index (χ3n) is 14.0. The summed E-state index contributed by atoms with van der Waals surface area (Å²) in [6.07, 6.45) is 83.4. The maximum absolute atomic E-state index is 12.9. The van der Waals surface area contributed by atoms with Crippen molar-refractivity contribution in [3.05, 3.63) is 109 Å². The fourth-order valence-corrected chi connectivity index (χ4v) is 9.03. The SMILES string of the molecule is CC/C=C\C/C=C\C/C=C\C/C=C\C/C=C\CCCCCCCC(=O)OC(COC(=O)CCCCCCCCCCCCCCCCCCCCCCCC/C=C\C/C=C\C/C=C\C/C=C\CC)COC(OCC[N+](C)(C)C)C(=O)O. The topological polar surface area (TPSA) is 108 Å². The number of hydrogen-bond acceptors (Lipinski definition) is 7. The number of rotatable bonds is 60. The molecule has 0 saturated heterocycles. The van der Waals surface area contributed by atoms with Gasteiger partial charge in [-0.1, -0.05) is 271 Å². The Kier molecular flexibility index (Phi) is 58.9. The van der Waals surface area contributed by atoms with Crippen LogP contribution in [0.3, 0.4) is 0 Å². The number of unbranched alkanes of at least 4 members (excludes halogenated alkanes) is 27. The molecule has 0 aliphatic rings. The van der Waals surface area contributed by atoms with Crippen LogP contribution in [-0.4, -0.2) is 87.4 Å². The van der Waals surface area contributed by atoms with Crippen LogP contribution >= 0.6 is 0 Å². The number of allylic oxidation sites excluding steroid dienone is 18. The van der Waals surface area contributed by atoms with Gasteiger partial charge in [-0.25, -0.2) is 4.79 Å². The van der Waals surface area contributed by atoms with E-state index in [0.717, 1.165) is 109 Å². The molecule has 0 aliphatic heterocycles. The first kappa shape index (κ1) is 77.0. The van der Waals surface area contributed by atoms with Crippen LogP contribution in [0.1, 0.15) is 271 Å². The molecule has 0 aromatic rings. The van der Waals surface area contributed by atoms with Gasteiger partial charge in [-0.2, -0.15) is 0 Å². The Bertz CT molecular complexity index is 1700. The predicted octanol–water partition coefficient (Wildman–Crippen LogP) is 20.2. The van der Waals surface area contributed by atoms with Crippen LogP contribution < -0.4 is 0 Å². The number of hydrogen-bond donors (Lipinski definition) is 1. The van der Waals surface area contributed by atoms with Crippen LogP contribution in [0, 0.1) is 0 Å². The van der Waals surface area contributed by atoms with Crippen molar-refractivity contribution >= 4 is 17.9 Å². The predicted molar refractivity (Wildman–Crippen MR) is 345 cm³/mol. The number of likely N-dealkylation sites (N-methyl/N-ethyl adjacent to an activating group) is 1. The molecule has 0 radical (unpaired) electrons. The van der Waals surface area contributed by atoms with Gasteiger partial charge in [-0.3, -0.25) is 9.59 Å². The lowest BCUT2D eigenvalue weighted by molar-refractivity contribution is -0.870. The smallest absolute Gasteiger partial charge is 0.361 e. The van der Waals surface area contributed by atoms with E-state index < -0.39 is 24.3 Å². The van der Waals surface area contributed by atoms with E-state index in [9.17, 15) is 19.5 Å². The van der Waals surface area contributed by atoms with E-state index in [1.54, 1.807) is 0 Å². The van der Waals surface area contributed by atoms with Crippen LogP contribution in [0.15, 0.2) is 109 Å². The molecule has 0 spiro atoms. The van der Waals surface area contributed by atoms with Gasteiger partial charge in [-0.15, -0.1) is 0 Å². The van der Waals surface area contributed by atoms with E-state index >= 15 is 0 Å². The molecule has 9 heteroatoms. The maximum atomic E-state index is 12.9. The Morgan fingerprint density at radius 1 is 0.370 bits per heavy atom. The van der Waals surface area contributed by atoms with E-state index in [0.29, 0.717) is 23.9 Å². The molecule has 0 amide bonds. The van der Waals surface area contributed by atoms with Gasteiger partial charge in [0.15, 0.2) is 6.10 Å². The summed E-state index contributed by atoms with van der Waals surface area (Å²) in [6.45, 7) is 4.64. The molecule has 0 fully saturated rings. The highest BCUT2D eigenvalue weighted by Gasteiger charge is 2.25. The quantitative estimate of drug-likeness (QED) is 0.0211. The Hall–Kier alpha value is -4.05. The molecule has 0 heterocycles. The Morgan fingerprint density at radius 2 is 0.667 bits per heavy atom. The van der Waals surface area contributed by atoms with Crippen molar-refractivity contribution in [3.8, 4) is 0 Å². The first-order valence-corrected chi connectivity index (χ1v) is 33.1. The second-order valence-corrected chi connectivity index (χ2v) is 23.0. The van der Waals surface area contributed by atoms with E-state index in [2.05, 4.69) is 123 Å². The zero-order chi connectivity index (χ0) is 59.1. The molecule has 0 aromatic heterocycles. The summed E-state index contributed by atoms with van der Waals surface area (Å²) in [4.78, 5) is 37.5. The van der Waals surface area contributed by atoms with Crippen LogP contribution in [0.25, 0.3) is 0 Å². The second kappa shape index (κ2) is 62.0. The minimum absolute atomic E-state index is 0.180. The summed E-state index contributed by atoms with van der Waals surface area (Å²) in [6, 6.07) is 0. The van der Waals surface area contributed by atoms with Gasteiger partial charge in [0, 0.05) is 12.8 Å². The molecule has 81 heavy (non-hydrogen) atoms. The van der Waals surface area contributed by atoms with E-state index in [1.807, 2.05) is 21.1 Å². The molecule has 1 N–H and O–H groups in total. The fourth-order valence-electron chi connectivity index (χ4n) is 9.03. The van der Waals surface area contributed by atoms with Gasteiger partial charge in [0.05, 0.1) is 34.4 Å². The average Bonchev–Trinajstić information content (AvgIpc) is 3.44. The van der Waals surface area contributed by atoms with Crippen LogP contribution in [-0.2, 0) is 33.3 Å². The average molecular weight is 1130 g/mol. The van der Waals surface area contributed by atoms with Crippen molar-refractivity contribution in [1.82, 2.24) is 0 Å². The lowest BCUT2D eigenvalue weighted by Crippen LogP contribution is -2.40. The first-order chi connectivity index (χ1) is 39.6. The normalized spacial score (nSPS) is 13.4. The maximum Gasteiger partial charge on any atom is 0.361 e. The number of carbonyl (C=O) groups is 3. The summed E-state index contributed by atoms with van der Waals surface area (Å²) in [5, 5.41) is 9.73. The van der Waals surface area contributed by atoms with Crippen molar-refractivity contribution in [1.29, 1.82) is 0 Å². The van der Waals surface area contributed by atoms with Crippen molar-refractivity contribution in [2.24, 2.45) is 0 Å². The summed E-state index contributed by atoms with van der Waals surface area (Å²) in [5.74, 6) is -2.03. The van der Waals surface area contributed by atoms with E-state index in [4.69, 9.17) is 18.9 Å². The zero-order valence-corrected chi connectivity index (χ0v) is 52.9. The Morgan fingerprint density at radius 3 is 0.988 bits per heavy atom. The largest absolute Gasteiger partial charge is 0.477 e. The number of aliphatic carboxylic acids is 1. The third kappa shape index (κ3) is 63.4. The van der Waals surface area contributed by atoms with E-state index in [1.165, 1.54) is 128 Å². The van der Waals surface area contributed by atoms with Crippen molar-refractivity contribution in [2.45, 2.75) is 283 Å². The summed E-state index contributed by atoms with van der Waals surface area (Å²) >= 11 is 0. The number of nitrogens with zero attached hydrogens (tertiary/aromatic N) is 1. The lowest BCUT2D eigenvalue weighted by Gasteiger charge is -2.25. The van der Waals surface area contributed by atoms with Crippen LogP contribution in [0.4, 0.5) is 0 Å². The number of carbonyl (C=O) groups excluding carboxylic acids is 2. The van der Waals surface area contributed by atoms with Crippen molar-refractivity contribution in [2.75, 3.05) is 47.5 Å². The van der Waals surface area contributed by atoms with Gasteiger partial charge < -0.3 is 28.5 Å². The third-order valence-corrected chi connectivity index (χ3v) is 14.0.